The van der Waals surface area contributed by atoms with Gasteiger partial charge in [-0.05, 0) is 47.2 Å². The Morgan fingerprint density at radius 1 is 1.16 bits per heavy atom. The highest BCUT2D eigenvalue weighted by molar-refractivity contribution is 7.09. The first-order valence-corrected chi connectivity index (χ1v) is 10.3. The maximum Gasteiger partial charge on any atom is 0.338 e. The average molecular weight is 434 g/mol. The molecule has 156 valence electrons. The number of nitrogens with zero attached hydrogens (tertiary/aromatic N) is 5. The van der Waals surface area contributed by atoms with Crippen molar-refractivity contribution in [2.75, 3.05) is 5.32 Å². The van der Waals surface area contributed by atoms with Gasteiger partial charge in [-0.25, -0.2) is 14.5 Å². The van der Waals surface area contributed by atoms with Crippen LogP contribution in [-0.2, 0) is 22.6 Å². The molecule has 10 heteroatoms. The van der Waals surface area contributed by atoms with E-state index in [9.17, 15) is 9.59 Å². The molecule has 0 fully saturated rings. The van der Waals surface area contributed by atoms with Crippen LogP contribution in [0, 0.1) is 6.92 Å². The molecule has 1 amide bonds. The molecule has 0 aliphatic carbocycles. The number of thiazole rings is 1. The third kappa shape index (κ3) is 5.17. The van der Waals surface area contributed by atoms with Crippen LogP contribution in [-0.4, -0.2) is 37.1 Å². The number of aryl methyl sites for hydroxylation is 1. The molecule has 2 heterocycles. The number of amides is 1. The van der Waals surface area contributed by atoms with Crippen molar-refractivity contribution in [3.63, 3.8) is 0 Å². The summed E-state index contributed by atoms with van der Waals surface area (Å²) >= 11 is 1.35. The Kier molecular flexibility index (Phi) is 6.08. The number of hydrogen-bond donors (Lipinski definition) is 1. The minimum Gasteiger partial charge on any atom is -0.456 e. The first-order valence-electron chi connectivity index (χ1n) is 9.38. The third-order valence-electron chi connectivity index (χ3n) is 4.38. The largest absolute Gasteiger partial charge is 0.456 e. The topological polar surface area (TPSA) is 112 Å². The van der Waals surface area contributed by atoms with E-state index in [0.717, 1.165) is 11.3 Å². The van der Waals surface area contributed by atoms with Crippen molar-refractivity contribution in [1.29, 1.82) is 0 Å². The van der Waals surface area contributed by atoms with Crippen molar-refractivity contribution in [1.82, 2.24) is 25.2 Å². The number of carbonyl (C=O) groups is 2. The summed E-state index contributed by atoms with van der Waals surface area (Å²) in [4.78, 5) is 29.1. The number of nitrogens with one attached hydrogen (secondary N) is 1. The summed E-state index contributed by atoms with van der Waals surface area (Å²) in [7, 11) is 0. The molecule has 0 atom stereocenters. The zero-order valence-electron chi connectivity index (χ0n) is 16.6. The molecule has 0 unspecified atom stereocenters. The van der Waals surface area contributed by atoms with Crippen molar-refractivity contribution in [2.24, 2.45) is 0 Å². The zero-order chi connectivity index (χ0) is 21.6. The number of esters is 1. The van der Waals surface area contributed by atoms with Crippen LogP contribution in [0.3, 0.4) is 0 Å². The number of carbonyl (C=O) groups excluding carboxylic acids is 2. The van der Waals surface area contributed by atoms with Gasteiger partial charge >= 0.3 is 5.97 Å². The monoisotopic (exact) mass is 434 g/mol. The average Bonchev–Trinajstić information content (AvgIpc) is 3.46. The Bertz CT molecular complexity index is 1210. The quantitative estimate of drug-likeness (QED) is 0.445. The maximum atomic E-state index is 12.4. The minimum atomic E-state index is -0.484. The number of hydrogen-bond acceptors (Lipinski definition) is 8. The van der Waals surface area contributed by atoms with Crippen LogP contribution in [0.4, 0.5) is 5.69 Å². The lowest BCUT2D eigenvalue weighted by atomic mass is 10.2. The third-order valence-corrected chi connectivity index (χ3v) is 5.27. The molecule has 31 heavy (non-hydrogen) atoms. The molecule has 1 N–H and O–H groups in total. The standard InChI is InChI=1S/C21H18N6O3S/c1-14-5-2-3-8-18(14)24-19(28)10-20-23-16(12-31-20)11-30-21(29)15-6-4-7-17(9-15)27-13-22-25-26-27/h2-9,12-13H,10-11H2,1H3,(H,24,28). The van der Waals surface area contributed by atoms with E-state index < -0.39 is 5.97 Å². The van der Waals surface area contributed by atoms with Gasteiger partial charge in [-0.15, -0.1) is 16.4 Å². The molecule has 0 bridgehead atoms. The number of ether oxygens (including phenoxy) is 1. The van der Waals surface area contributed by atoms with E-state index in [0.29, 0.717) is 22.0 Å². The van der Waals surface area contributed by atoms with Gasteiger partial charge in [-0.2, -0.15) is 0 Å². The normalized spacial score (nSPS) is 10.6. The van der Waals surface area contributed by atoms with Gasteiger partial charge in [0.05, 0.1) is 23.4 Å². The van der Waals surface area contributed by atoms with Gasteiger partial charge in [0.2, 0.25) is 5.91 Å². The smallest absolute Gasteiger partial charge is 0.338 e. The lowest BCUT2D eigenvalue weighted by Crippen LogP contribution is -2.15. The van der Waals surface area contributed by atoms with Crippen LogP contribution in [0.1, 0.15) is 26.6 Å². The van der Waals surface area contributed by atoms with Crippen molar-refractivity contribution in [3.05, 3.63) is 82.1 Å². The van der Waals surface area contributed by atoms with E-state index >= 15 is 0 Å². The van der Waals surface area contributed by atoms with E-state index in [-0.39, 0.29) is 18.9 Å². The zero-order valence-corrected chi connectivity index (χ0v) is 17.4. The second-order valence-corrected chi connectivity index (χ2v) is 7.60. The van der Waals surface area contributed by atoms with Gasteiger partial charge in [-0.1, -0.05) is 24.3 Å². The second kappa shape index (κ2) is 9.26. The first kappa shape index (κ1) is 20.4. The van der Waals surface area contributed by atoms with Crippen molar-refractivity contribution in [3.8, 4) is 5.69 Å². The fourth-order valence-corrected chi connectivity index (χ4v) is 3.60. The van der Waals surface area contributed by atoms with Gasteiger partial charge in [0.15, 0.2) is 0 Å². The van der Waals surface area contributed by atoms with Crippen molar-refractivity contribution in [2.45, 2.75) is 20.0 Å². The Balaban J connectivity index is 1.32. The number of benzene rings is 2. The molecule has 0 saturated carbocycles. The van der Waals surface area contributed by atoms with Gasteiger partial charge in [-0.3, -0.25) is 4.79 Å². The van der Waals surface area contributed by atoms with E-state index in [1.165, 1.54) is 22.3 Å². The highest BCUT2D eigenvalue weighted by Gasteiger charge is 2.13. The summed E-state index contributed by atoms with van der Waals surface area (Å²) < 4.78 is 6.81. The predicted molar refractivity (Wildman–Crippen MR) is 114 cm³/mol. The van der Waals surface area contributed by atoms with Gasteiger partial charge in [0, 0.05) is 11.1 Å². The summed E-state index contributed by atoms with van der Waals surface area (Å²) in [6.45, 7) is 1.95. The molecular weight excluding hydrogens is 416 g/mol. The van der Waals surface area contributed by atoms with Crippen LogP contribution in [0.15, 0.2) is 60.2 Å². The summed E-state index contributed by atoms with van der Waals surface area (Å²) in [6.07, 6.45) is 1.59. The SMILES string of the molecule is Cc1ccccc1NC(=O)Cc1nc(COC(=O)c2cccc(-n3cnnn3)c2)cs1. The fourth-order valence-electron chi connectivity index (χ4n) is 2.82. The van der Waals surface area contributed by atoms with Gasteiger partial charge in [0.1, 0.15) is 17.9 Å². The first-order chi connectivity index (χ1) is 15.1. The number of anilines is 1. The molecule has 0 saturated heterocycles. The van der Waals surface area contributed by atoms with Crippen LogP contribution in [0.2, 0.25) is 0 Å². The summed E-state index contributed by atoms with van der Waals surface area (Å²) in [5.74, 6) is -0.631. The number of para-hydroxylation sites is 1. The Morgan fingerprint density at radius 2 is 2.03 bits per heavy atom. The Morgan fingerprint density at radius 3 is 2.84 bits per heavy atom. The lowest BCUT2D eigenvalue weighted by Gasteiger charge is -2.06. The summed E-state index contributed by atoms with van der Waals surface area (Å²) in [5.41, 5.74) is 3.39. The van der Waals surface area contributed by atoms with Crippen molar-refractivity contribution >= 4 is 28.9 Å². The van der Waals surface area contributed by atoms with Crippen LogP contribution in [0.25, 0.3) is 5.69 Å². The van der Waals surface area contributed by atoms with Crippen LogP contribution in [0.5, 0.6) is 0 Å². The van der Waals surface area contributed by atoms with E-state index in [2.05, 4.69) is 25.8 Å². The number of aromatic nitrogens is 5. The van der Waals surface area contributed by atoms with Crippen LogP contribution >= 0.6 is 11.3 Å². The van der Waals surface area contributed by atoms with Crippen LogP contribution < -0.4 is 5.32 Å². The molecule has 0 aliphatic rings. The highest BCUT2D eigenvalue weighted by atomic mass is 32.1. The molecular formula is C21H18N6O3S. The minimum absolute atomic E-state index is 0.0177. The predicted octanol–water partition coefficient (Wildman–Crippen LogP) is 2.97. The molecule has 4 aromatic rings. The van der Waals surface area contributed by atoms with E-state index in [1.54, 1.807) is 29.6 Å². The molecule has 9 nitrogen and oxygen atoms in total. The number of tetrazole rings is 1. The molecule has 0 aliphatic heterocycles. The summed E-state index contributed by atoms with van der Waals surface area (Å²) in [5, 5.41) is 16.3. The van der Waals surface area contributed by atoms with Gasteiger partial charge in [0.25, 0.3) is 0 Å². The highest BCUT2D eigenvalue weighted by Crippen LogP contribution is 2.16. The molecule has 0 radical (unpaired) electrons. The van der Waals surface area contributed by atoms with Gasteiger partial charge < -0.3 is 10.1 Å². The Hall–Kier alpha value is -3.92. The van der Waals surface area contributed by atoms with E-state index in [1.807, 2.05) is 31.2 Å². The molecule has 2 aromatic carbocycles. The second-order valence-electron chi connectivity index (χ2n) is 6.65. The molecule has 0 spiro atoms. The Labute approximate surface area is 181 Å². The van der Waals surface area contributed by atoms with E-state index in [4.69, 9.17) is 4.74 Å². The fraction of sp³-hybridized carbons (Fsp3) is 0.143. The maximum absolute atomic E-state index is 12.4. The molecule has 2 aromatic heterocycles. The number of rotatable bonds is 7. The lowest BCUT2D eigenvalue weighted by molar-refractivity contribution is -0.115. The molecule has 4 rings (SSSR count). The van der Waals surface area contributed by atoms with Crippen molar-refractivity contribution < 1.29 is 14.3 Å². The summed E-state index contributed by atoms with van der Waals surface area (Å²) in [6, 6.07) is 14.4.